The van der Waals surface area contributed by atoms with Crippen LogP contribution in [0.1, 0.15) is 35.1 Å². The van der Waals surface area contributed by atoms with Gasteiger partial charge in [-0.3, -0.25) is 4.40 Å². The molecule has 0 bridgehead atoms. The summed E-state index contributed by atoms with van der Waals surface area (Å²) in [6.07, 6.45) is 3.70. The van der Waals surface area contributed by atoms with Crippen LogP contribution in [0.25, 0.3) is 5.65 Å². The van der Waals surface area contributed by atoms with Crippen molar-refractivity contribution in [1.29, 1.82) is 0 Å². The molecule has 1 fully saturated rings. The largest absolute Gasteiger partial charge is 0.478 e. The van der Waals surface area contributed by atoms with E-state index in [1.165, 1.54) is 6.07 Å². The van der Waals surface area contributed by atoms with Crippen molar-refractivity contribution in [3.05, 3.63) is 29.7 Å². The predicted molar refractivity (Wildman–Crippen MR) is 59.9 cm³/mol. The maximum absolute atomic E-state index is 10.9. The molecule has 0 radical (unpaired) electrons. The number of aromatic nitrogens is 3. The Morgan fingerprint density at radius 2 is 2.35 bits per heavy atom. The Bertz CT molecular complexity index is 572. The van der Waals surface area contributed by atoms with Crippen molar-refractivity contribution in [3.8, 4) is 0 Å². The zero-order chi connectivity index (χ0) is 11.8. The molecule has 3 heterocycles. The lowest BCUT2D eigenvalue weighted by Crippen LogP contribution is -2.16. The maximum Gasteiger partial charge on any atom is 0.337 e. The van der Waals surface area contributed by atoms with Crippen molar-refractivity contribution in [3.63, 3.8) is 0 Å². The first-order valence-electron chi connectivity index (χ1n) is 5.57. The molecule has 88 valence electrons. The van der Waals surface area contributed by atoms with E-state index in [1.54, 1.807) is 16.7 Å². The van der Waals surface area contributed by atoms with Crippen LogP contribution in [0.5, 0.6) is 0 Å². The predicted octanol–water partition coefficient (Wildman–Crippen LogP) is 0.852. The third-order valence-electron chi connectivity index (χ3n) is 3.05. The van der Waals surface area contributed by atoms with Crippen molar-refractivity contribution < 1.29 is 9.90 Å². The number of rotatable bonds is 2. The van der Waals surface area contributed by atoms with Crippen molar-refractivity contribution >= 4 is 11.6 Å². The fourth-order valence-electron chi connectivity index (χ4n) is 2.18. The number of hydrogen-bond acceptors (Lipinski definition) is 4. The fraction of sp³-hybridized carbons (Fsp3) is 0.364. The highest BCUT2D eigenvalue weighted by atomic mass is 16.4. The first-order chi connectivity index (χ1) is 8.25. The Balaban J connectivity index is 2.11. The number of pyridine rings is 1. The number of hydrogen-bond donors (Lipinski definition) is 2. The Labute approximate surface area is 97.3 Å². The first-order valence-corrected chi connectivity index (χ1v) is 5.57. The molecule has 6 nitrogen and oxygen atoms in total. The molecule has 3 rings (SSSR count). The zero-order valence-electron chi connectivity index (χ0n) is 9.13. The van der Waals surface area contributed by atoms with Gasteiger partial charge in [0.1, 0.15) is 0 Å². The van der Waals surface area contributed by atoms with Crippen molar-refractivity contribution in [2.45, 2.75) is 18.9 Å². The lowest BCUT2D eigenvalue weighted by atomic mass is 10.2. The van der Waals surface area contributed by atoms with E-state index in [1.807, 2.05) is 0 Å². The highest BCUT2D eigenvalue weighted by molar-refractivity contribution is 5.87. The number of fused-ring (bicyclic) bond motifs is 1. The van der Waals surface area contributed by atoms with Crippen LogP contribution in [-0.4, -0.2) is 32.2 Å². The average molecular weight is 232 g/mol. The SMILES string of the molecule is O=C(O)c1ccc2nnc(C3CCCN3)n2c1. The maximum atomic E-state index is 10.9. The fourth-order valence-corrected chi connectivity index (χ4v) is 2.18. The van der Waals surface area contributed by atoms with E-state index in [0.717, 1.165) is 25.2 Å². The lowest BCUT2D eigenvalue weighted by Gasteiger charge is -2.07. The van der Waals surface area contributed by atoms with Crippen molar-refractivity contribution in [1.82, 2.24) is 19.9 Å². The van der Waals surface area contributed by atoms with Crippen molar-refractivity contribution in [2.75, 3.05) is 6.54 Å². The van der Waals surface area contributed by atoms with Crippen LogP contribution < -0.4 is 5.32 Å². The van der Waals surface area contributed by atoms with Gasteiger partial charge in [-0.2, -0.15) is 0 Å². The third-order valence-corrected chi connectivity index (χ3v) is 3.05. The van der Waals surface area contributed by atoms with Gasteiger partial charge in [-0.05, 0) is 31.5 Å². The number of aromatic carboxylic acids is 1. The molecule has 2 aromatic heterocycles. The van der Waals surface area contributed by atoms with E-state index in [0.29, 0.717) is 5.65 Å². The quantitative estimate of drug-likeness (QED) is 0.802. The summed E-state index contributed by atoms with van der Waals surface area (Å²) in [7, 11) is 0. The molecule has 1 aliphatic rings. The molecule has 17 heavy (non-hydrogen) atoms. The second kappa shape index (κ2) is 3.81. The zero-order valence-corrected chi connectivity index (χ0v) is 9.13. The van der Waals surface area contributed by atoms with Crippen LogP contribution in [-0.2, 0) is 0 Å². The Hall–Kier alpha value is -1.95. The van der Waals surface area contributed by atoms with Gasteiger partial charge in [0.05, 0.1) is 11.6 Å². The monoisotopic (exact) mass is 232 g/mol. The van der Waals surface area contributed by atoms with E-state index in [9.17, 15) is 4.79 Å². The summed E-state index contributed by atoms with van der Waals surface area (Å²) in [5.41, 5.74) is 0.926. The highest BCUT2D eigenvalue weighted by Crippen LogP contribution is 2.22. The van der Waals surface area contributed by atoms with Crippen LogP contribution in [0.4, 0.5) is 0 Å². The van der Waals surface area contributed by atoms with Gasteiger partial charge < -0.3 is 10.4 Å². The average Bonchev–Trinajstić information content (AvgIpc) is 2.96. The van der Waals surface area contributed by atoms with E-state index >= 15 is 0 Å². The van der Waals surface area contributed by atoms with Crippen LogP contribution in [0.3, 0.4) is 0 Å². The van der Waals surface area contributed by atoms with Gasteiger partial charge in [0.25, 0.3) is 0 Å². The highest BCUT2D eigenvalue weighted by Gasteiger charge is 2.21. The molecule has 0 amide bonds. The Kier molecular flexibility index (Phi) is 2.29. The number of nitrogens with one attached hydrogen (secondary N) is 1. The summed E-state index contributed by atoms with van der Waals surface area (Å²) >= 11 is 0. The minimum Gasteiger partial charge on any atom is -0.478 e. The van der Waals surface area contributed by atoms with E-state index < -0.39 is 5.97 Å². The number of nitrogens with zero attached hydrogens (tertiary/aromatic N) is 3. The summed E-state index contributed by atoms with van der Waals surface area (Å²) in [4.78, 5) is 10.9. The van der Waals surface area contributed by atoms with Crippen LogP contribution in [0, 0.1) is 0 Å². The molecular weight excluding hydrogens is 220 g/mol. The minimum atomic E-state index is -0.939. The lowest BCUT2D eigenvalue weighted by molar-refractivity contribution is 0.0696. The van der Waals surface area contributed by atoms with Gasteiger partial charge in [-0.15, -0.1) is 10.2 Å². The molecule has 0 spiro atoms. The number of carboxylic acids is 1. The second-order valence-corrected chi connectivity index (χ2v) is 4.16. The normalized spacial score (nSPS) is 19.9. The standard InChI is InChI=1S/C11H12N4O2/c16-11(17)7-3-4-9-13-14-10(15(9)6-7)8-2-1-5-12-8/h3-4,6,8,12H,1-2,5H2,(H,16,17). The number of carbonyl (C=O) groups is 1. The van der Waals surface area contributed by atoms with E-state index in [4.69, 9.17) is 5.11 Å². The summed E-state index contributed by atoms with van der Waals surface area (Å²) in [5, 5.41) is 20.5. The molecule has 1 aliphatic heterocycles. The van der Waals surface area contributed by atoms with Crippen LogP contribution in [0.2, 0.25) is 0 Å². The molecule has 1 saturated heterocycles. The molecule has 1 atom stereocenters. The molecular formula is C11H12N4O2. The summed E-state index contributed by atoms with van der Waals surface area (Å²) in [6.45, 7) is 0.970. The summed E-state index contributed by atoms with van der Waals surface area (Å²) < 4.78 is 1.76. The Morgan fingerprint density at radius 1 is 1.47 bits per heavy atom. The molecule has 2 N–H and O–H groups in total. The van der Waals surface area contributed by atoms with Crippen LogP contribution in [0.15, 0.2) is 18.3 Å². The molecule has 1 unspecified atom stereocenters. The minimum absolute atomic E-state index is 0.175. The molecule has 0 saturated carbocycles. The third kappa shape index (κ3) is 1.66. The van der Waals surface area contributed by atoms with E-state index in [-0.39, 0.29) is 11.6 Å². The Morgan fingerprint density at radius 3 is 3.06 bits per heavy atom. The molecule has 0 aliphatic carbocycles. The second-order valence-electron chi connectivity index (χ2n) is 4.16. The molecule has 0 aromatic carbocycles. The van der Waals surface area contributed by atoms with Gasteiger partial charge in [0.15, 0.2) is 11.5 Å². The van der Waals surface area contributed by atoms with Gasteiger partial charge in [-0.25, -0.2) is 4.79 Å². The summed E-state index contributed by atoms with van der Waals surface area (Å²) in [5.74, 6) is -0.147. The van der Waals surface area contributed by atoms with Crippen molar-refractivity contribution in [2.24, 2.45) is 0 Å². The topological polar surface area (TPSA) is 79.5 Å². The first kappa shape index (κ1) is 10.2. The van der Waals surface area contributed by atoms with Crippen LogP contribution >= 0.6 is 0 Å². The smallest absolute Gasteiger partial charge is 0.337 e. The van der Waals surface area contributed by atoms with Gasteiger partial charge >= 0.3 is 5.97 Å². The van der Waals surface area contributed by atoms with Gasteiger partial charge in [0.2, 0.25) is 0 Å². The van der Waals surface area contributed by atoms with Gasteiger partial charge in [-0.1, -0.05) is 0 Å². The van der Waals surface area contributed by atoms with E-state index in [2.05, 4.69) is 15.5 Å². The number of carboxylic acid groups (broad SMARTS) is 1. The molecule has 2 aromatic rings. The molecule has 6 heteroatoms. The van der Waals surface area contributed by atoms with Gasteiger partial charge in [0, 0.05) is 6.20 Å². The summed E-state index contributed by atoms with van der Waals surface area (Å²) in [6, 6.07) is 3.39.